The van der Waals surface area contributed by atoms with Crippen LogP contribution in [0.4, 0.5) is 18.9 Å². The Kier molecular flexibility index (Phi) is 3.60. The average molecular weight is 338 g/mol. The fraction of sp³-hybridized carbons (Fsp3) is 0.538. The number of hydrogen-bond donors (Lipinski definition) is 1. The zero-order valence-corrected chi connectivity index (χ0v) is 12.2. The molecule has 0 saturated carbocycles. The molecule has 0 spiro atoms. The van der Waals surface area contributed by atoms with Crippen LogP contribution in [-0.4, -0.2) is 23.8 Å². The number of nitrogens with zero attached hydrogens (tertiary/aromatic N) is 1. The summed E-state index contributed by atoms with van der Waals surface area (Å²) in [6, 6.07) is 3.57. The van der Waals surface area contributed by atoms with E-state index in [1.165, 1.54) is 6.07 Å². The largest absolute Gasteiger partial charge is 0.416 e. The van der Waals surface area contributed by atoms with E-state index in [1.807, 2.05) is 18.7 Å². The zero-order chi connectivity index (χ0) is 14.4. The summed E-state index contributed by atoms with van der Waals surface area (Å²) in [7, 11) is 0. The van der Waals surface area contributed by atoms with Crippen molar-refractivity contribution in [2.24, 2.45) is 5.92 Å². The lowest BCUT2D eigenvalue weighted by Crippen LogP contribution is -2.64. The van der Waals surface area contributed by atoms with Crippen LogP contribution in [-0.2, 0) is 6.18 Å². The zero-order valence-electron chi connectivity index (χ0n) is 10.6. The Morgan fingerprint density at radius 2 is 1.89 bits per heavy atom. The molecule has 0 radical (unpaired) electrons. The minimum Gasteiger partial charge on any atom is -0.386 e. The van der Waals surface area contributed by atoms with Crippen molar-refractivity contribution in [3.05, 3.63) is 28.2 Å². The van der Waals surface area contributed by atoms with Crippen molar-refractivity contribution in [3.8, 4) is 0 Å². The van der Waals surface area contributed by atoms with Crippen molar-refractivity contribution in [3.63, 3.8) is 0 Å². The number of aliphatic hydroxyl groups is 1. The van der Waals surface area contributed by atoms with Gasteiger partial charge in [0.05, 0.1) is 11.3 Å². The molecule has 0 aliphatic carbocycles. The van der Waals surface area contributed by atoms with Gasteiger partial charge in [0.1, 0.15) is 5.60 Å². The van der Waals surface area contributed by atoms with Crippen LogP contribution in [0.1, 0.15) is 19.4 Å². The maximum Gasteiger partial charge on any atom is 0.416 e. The van der Waals surface area contributed by atoms with Gasteiger partial charge in [-0.2, -0.15) is 13.2 Å². The third-order valence-electron chi connectivity index (χ3n) is 3.62. The molecule has 1 aromatic carbocycles. The maximum atomic E-state index is 12.6. The molecule has 0 unspecified atom stereocenters. The topological polar surface area (TPSA) is 23.5 Å². The van der Waals surface area contributed by atoms with E-state index >= 15 is 0 Å². The number of alkyl halides is 3. The molecular weight excluding hydrogens is 323 g/mol. The van der Waals surface area contributed by atoms with Gasteiger partial charge in [0, 0.05) is 17.6 Å². The van der Waals surface area contributed by atoms with Gasteiger partial charge in [-0.15, -0.1) is 0 Å². The summed E-state index contributed by atoms with van der Waals surface area (Å²) in [5.41, 5.74) is -0.747. The van der Waals surface area contributed by atoms with Gasteiger partial charge >= 0.3 is 6.18 Å². The summed E-state index contributed by atoms with van der Waals surface area (Å²) in [6.45, 7) is 4.74. The third kappa shape index (κ3) is 2.74. The van der Waals surface area contributed by atoms with Gasteiger partial charge in [-0.05, 0) is 40.0 Å². The molecule has 0 atom stereocenters. The Balaban J connectivity index is 2.17. The predicted molar refractivity (Wildman–Crippen MR) is 71.1 cm³/mol. The van der Waals surface area contributed by atoms with Crippen molar-refractivity contribution in [1.82, 2.24) is 0 Å². The summed E-state index contributed by atoms with van der Waals surface area (Å²) in [5, 5.41) is 10.2. The Morgan fingerprint density at radius 3 is 2.32 bits per heavy atom. The molecule has 0 amide bonds. The second-order valence-electron chi connectivity index (χ2n) is 5.28. The van der Waals surface area contributed by atoms with E-state index in [1.54, 1.807) is 0 Å². The van der Waals surface area contributed by atoms with Gasteiger partial charge in [0.2, 0.25) is 0 Å². The third-order valence-corrected chi connectivity index (χ3v) is 4.25. The Morgan fingerprint density at radius 1 is 1.32 bits per heavy atom. The molecule has 0 bridgehead atoms. The highest BCUT2D eigenvalue weighted by atomic mass is 79.9. The molecule has 1 aliphatic rings. The van der Waals surface area contributed by atoms with E-state index in [0.29, 0.717) is 23.2 Å². The van der Waals surface area contributed by atoms with Crippen LogP contribution in [0.2, 0.25) is 0 Å². The van der Waals surface area contributed by atoms with Crippen LogP contribution in [0, 0.1) is 5.92 Å². The predicted octanol–water partition coefficient (Wildman–Crippen LogP) is 3.68. The van der Waals surface area contributed by atoms with Crippen LogP contribution in [0.5, 0.6) is 0 Å². The second kappa shape index (κ2) is 4.66. The summed E-state index contributed by atoms with van der Waals surface area (Å²) in [6.07, 6.45) is -4.34. The summed E-state index contributed by atoms with van der Waals surface area (Å²) < 4.78 is 38.0. The van der Waals surface area contributed by atoms with Crippen LogP contribution in [0.3, 0.4) is 0 Å². The van der Waals surface area contributed by atoms with E-state index in [0.717, 1.165) is 12.1 Å². The Labute approximate surface area is 118 Å². The van der Waals surface area contributed by atoms with Crippen LogP contribution in [0.25, 0.3) is 0 Å². The smallest absolute Gasteiger partial charge is 0.386 e. The SMILES string of the molecule is CC(C)C1(O)CN(c2ccc(C(F)(F)F)cc2Br)C1. The van der Waals surface area contributed by atoms with Gasteiger partial charge in [0.15, 0.2) is 0 Å². The fourth-order valence-electron chi connectivity index (χ4n) is 2.09. The van der Waals surface area contributed by atoms with Crippen LogP contribution < -0.4 is 4.90 Å². The summed E-state index contributed by atoms with van der Waals surface area (Å²) >= 11 is 3.17. The number of anilines is 1. The lowest BCUT2D eigenvalue weighted by atomic mass is 9.82. The highest BCUT2D eigenvalue weighted by Gasteiger charge is 2.44. The summed E-state index contributed by atoms with van der Waals surface area (Å²) in [4.78, 5) is 1.87. The van der Waals surface area contributed by atoms with Gasteiger partial charge in [-0.1, -0.05) is 13.8 Å². The molecule has 1 N–H and O–H groups in total. The maximum absolute atomic E-state index is 12.6. The first-order chi connectivity index (χ1) is 8.63. The fourth-order valence-corrected chi connectivity index (χ4v) is 2.72. The molecule has 1 aliphatic heterocycles. The molecule has 19 heavy (non-hydrogen) atoms. The minimum atomic E-state index is -4.34. The molecule has 106 valence electrons. The van der Waals surface area contributed by atoms with Crippen molar-refractivity contribution < 1.29 is 18.3 Å². The molecule has 2 rings (SSSR count). The van der Waals surface area contributed by atoms with Crippen LogP contribution in [0.15, 0.2) is 22.7 Å². The van der Waals surface area contributed by atoms with Gasteiger partial charge in [0.25, 0.3) is 0 Å². The number of β-amino-alcohol motifs (C(OH)–C–C–N with tert-alkyl or cyclic N) is 1. The lowest BCUT2D eigenvalue weighted by Gasteiger charge is -2.50. The highest BCUT2D eigenvalue weighted by Crippen LogP contribution is 2.39. The molecule has 2 nitrogen and oxygen atoms in total. The Hall–Kier alpha value is -0.750. The van der Waals surface area contributed by atoms with E-state index < -0.39 is 17.3 Å². The van der Waals surface area contributed by atoms with Crippen molar-refractivity contribution in [2.75, 3.05) is 18.0 Å². The number of rotatable bonds is 2. The molecule has 1 saturated heterocycles. The van der Waals surface area contributed by atoms with Crippen molar-refractivity contribution >= 4 is 21.6 Å². The monoisotopic (exact) mass is 337 g/mol. The lowest BCUT2D eigenvalue weighted by molar-refractivity contribution is -0.137. The van der Waals surface area contributed by atoms with E-state index in [4.69, 9.17) is 0 Å². The molecule has 1 heterocycles. The highest BCUT2D eigenvalue weighted by molar-refractivity contribution is 9.10. The second-order valence-corrected chi connectivity index (χ2v) is 6.13. The van der Waals surface area contributed by atoms with Gasteiger partial charge in [-0.25, -0.2) is 0 Å². The quantitative estimate of drug-likeness (QED) is 0.889. The Bertz CT molecular complexity index is 481. The average Bonchev–Trinajstić information content (AvgIpc) is 2.23. The molecule has 1 aromatic rings. The number of hydrogen-bond acceptors (Lipinski definition) is 2. The summed E-state index contributed by atoms with van der Waals surface area (Å²) in [5.74, 6) is 0.122. The normalized spacial score (nSPS) is 18.6. The standard InChI is InChI=1S/C13H15BrF3NO/c1-8(2)12(19)6-18(7-12)11-4-3-9(5-10(11)14)13(15,16)17/h3-5,8,19H,6-7H2,1-2H3. The first-order valence-electron chi connectivity index (χ1n) is 5.97. The first kappa shape index (κ1) is 14.7. The molecule has 0 aromatic heterocycles. The van der Waals surface area contributed by atoms with Crippen LogP contribution >= 0.6 is 15.9 Å². The first-order valence-corrected chi connectivity index (χ1v) is 6.77. The van der Waals surface area contributed by atoms with E-state index in [-0.39, 0.29) is 5.92 Å². The van der Waals surface area contributed by atoms with Gasteiger partial charge in [-0.3, -0.25) is 0 Å². The van der Waals surface area contributed by atoms with E-state index in [2.05, 4.69) is 15.9 Å². The van der Waals surface area contributed by atoms with Crippen molar-refractivity contribution in [1.29, 1.82) is 0 Å². The molecular formula is C13H15BrF3NO. The van der Waals surface area contributed by atoms with Gasteiger partial charge < -0.3 is 10.0 Å². The van der Waals surface area contributed by atoms with E-state index in [9.17, 15) is 18.3 Å². The van der Waals surface area contributed by atoms with Crippen molar-refractivity contribution in [2.45, 2.75) is 25.6 Å². The molecule has 6 heteroatoms. The minimum absolute atomic E-state index is 0.122. The number of halogens is 4. The number of benzene rings is 1. The molecule has 1 fully saturated rings.